The van der Waals surface area contributed by atoms with Crippen molar-refractivity contribution in [2.24, 2.45) is 0 Å². The molecule has 0 rings (SSSR count). The van der Waals surface area contributed by atoms with Crippen molar-refractivity contribution in [1.82, 2.24) is 5.32 Å². The third-order valence-corrected chi connectivity index (χ3v) is 1.49. The first-order valence-electron chi connectivity index (χ1n) is 4.03. The number of terminal acetylenes is 1. The molecule has 64 valence electrons. The predicted octanol–water partition coefficient (Wildman–Crippen LogP) is 1.02. The van der Waals surface area contributed by atoms with Gasteiger partial charge in [0.25, 0.3) is 0 Å². The maximum atomic E-state index is 5.29. The van der Waals surface area contributed by atoms with Crippen LogP contribution in [-0.2, 0) is 4.74 Å². The zero-order valence-electron chi connectivity index (χ0n) is 7.39. The topological polar surface area (TPSA) is 21.3 Å². The maximum absolute atomic E-state index is 5.29. The van der Waals surface area contributed by atoms with Crippen molar-refractivity contribution in [3.8, 4) is 12.3 Å². The largest absolute Gasteiger partial charge is 0.385 e. The Morgan fingerprint density at radius 2 is 2.36 bits per heavy atom. The van der Waals surface area contributed by atoms with Crippen LogP contribution < -0.4 is 5.32 Å². The normalized spacial score (nSPS) is 12.5. The summed E-state index contributed by atoms with van der Waals surface area (Å²) in [6, 6.07) is 0.218. The molecule has 0 bridgehead atoms. The second-order valence-corrected chi connectivity index (χ2v) is 2.41. The fourth-order valence-corrected chi connectivity index (χ4v) is 0.923. The maximum Gasteiger partial charge on any atom is 0.0687 e. The lowest BCUT2D eigenvalue weighted by atomic mass is 10.2. The predicted molar refractivity (Wildman–Crippen MR) is 47.4 cm³/mol. The van der Waals surface area contributed by atoms with E-state index in [0.29, 0.717) is 0 Å². The summed E-state index contributed by atoms with van der Waals surface area (Å²) in [6.07, 6.45) is 7.31. The van der Waals surface area contributed by atoms with Crippen LogP contribution in [0.25, 0.3) is 0 Å². The zero-order valence-corrected chi connectivity index (χ0v) is 7.39. The van der Waals surface area contributed by atoms with Gasteiger partial charge in [0.1, 0.15) is 0 Å². The Labute approximate surface area is 69.3 Å². The minimum absolute atomic E-state index is 0.218. The molecule has 2 heteroatoms. The highest BCUT2D eigenvalue weighted by atomic mass is 16.5. The molecule has 0 aromatic rings. The first-order chi connectivity index (χ1) is 5.35. The van der Waals surface area contributed by atoms with Gasteiger partial charge < -0.3 is 10.1 Å². The van der Waals surface area contributed by atoms with Crippen LogP contribution in [-0.4, -0.2) is 26.3 Å². The molecule has 0 aliphatic heterocycles. The van der Waals surface area contributed by atoms with E-state index < -0.39 is 0 Å². The molecular formula is C9H17NO. The monoisotopic (exact) mass is 155 g/mol. The van der Waals surface area contributed by atoms with Crippen LogP contribution >= 0.6 is 0 Å². The Morgan fingerprint density at radius 1 is 1.64 bits per heavy atom. The van der Waals surface area contributed by atoms with Crippen LogP contribution in [0.3, 0.4) is 0 Å². The first-order valence-corrected chi connectivity index (χ1v) is 4.03. The number of nitrogens with one attached hydrogen (secondary N) is 1. The first kappa shape index (κ1) is 10.5. The Morgan fingerprint density at radius 3 is 2.82 bits per heavy atom. The standard InChI is InChI=1S/C9H17NO/c1-4-9(10-5-2)7-6-8-11-3/h1,9-10H,5-8H2,2-3H3. The molecule has 0 heterocycles. The van der Waals surface area contributed by atoms with Gasteiger partial charge in [-0.25, -0.2) is 0 Å². The Hall–Kier alpha value is -0.520. The highest BCUT2D eigenvalue weighted by molar-refractivity contribution is 4.98. The third-order valence-electron chi connectivity index (χ3n) is 1.49. The van der Waals surface area contributed by atoms with E-state index >= 15 is 0 Å². The number of methoxy groups -OCH3 is 1. The summed E-state index contributed by atoms with van der Waals surface area (Å²) in [5.41, 5.74) is 0. The fraction of sp³-hybridized carbons (Fsp3) is 0.778. The van der Waals surface area contributed by atoms with E-state index in [1.54, 1.807) is 7.11 Å². The van der Waals surface area contributed by atoms with Crippen molar-refractivity contribution in [2.45, 2.75) is 25.8 Å². The van der Waals surface area contributed by atoms with Crippen molar-refractivity contribution >= 4 is 0 Å². The van der Waals surface area contributed by atoms with E-state index in [9.17, 15) is 0 Å². The lowest BCUT2D eigenvalue weighted by Gasteiger charge is -2.09. The van der Waals surface area contributed by atoms with Crippen molar-refractivity contribution in [1.29, 1.82) is 0 Å². The minimum Gasteiger partial charge on any atom is -0.385 e. The molecule has 0 spiro atoms. The summed E-state index contributed by atoms with van der Waals surface area (Å²) in [6.45, 7) is 3.78. The van der Waals surface area contributed by atoms with E-state index in [1.807, 2.05) is 0 Å². The van der Waals surface area contributed by atoms with Gasteiger partial charge >= 0.3 is 0 Å². The van der Waals surface area contributed by atoms with E-state index in [-0.39, 0.29) is 6.04 Å². The number of ether oxygens (including phenoxy) is 1. The van der Waals surface area contributed by atoms with Gasteiger partial charge in [-0.3, -0.25) is 0 Å². The van der Waals surface area contributed by atoms with Crippen LogP contribution in [0.2, 0.25) is 0 Å². The second-order valence-electron chi connectivity index (χ2n) is 2.41. The van der Waals surface area contributed by atoms with Crippen molar-refractivity contribution in [3.05, 3.63) is 0 Å². The minimum atomic E-state index is 0.218. The molecule has 11 heavy (non-hydrogen) atoms. The molecule has 0 aromatic heterocycles. The Kier molecular flexibility index (Phi) is 7.23. The van der Waals surface area contributed by atoms with Crippen molar-refractivity contribution in [3.63, 3.8) is 0 Å². The quantitative estimate of drug-likeness (QED) is 0.457. The van der Waals surface area contributed by atoms with Gasteiger partial charge in [0.05, 0.1) is 6.04 Å². The van der Waals surface area contributed by atoms with Gasteiger partial charge in [-0.2, -0.15) is 0 Å². The Bertz CT molecular complexity index is 117. The van der Waals surface area contributed by atoms with Gasteiger partial charge in [0.2, 0.25) is 0 Å². The molecule has 1 atom stereocenters. The van der Waals surface area contributed by atoms with Gasteiger partial charge in [0.15, 0.2) is 0 Å². The fourth-order valence-electron chi connectivity index (χ4n) is 0.923. The summed E-state index contributed by atoms with van der Waals surface area (Å²) in [5.74, 6) is 2.70. The van der Waals surface area contributed by atoms with Gasteiger partial charge in [-0.05, 0) is 19.4 Å². The van der Waals surface area contributed by atoms with Crippen molar-refractivity contribution < 1.29 is 4.74 Å². The van der Waals surface area contributed by atoms with Crippen LogP contribution in [0.1, 0.15) is 19.8 Å². The van der Waals surface area contributed by atoms with Gasteiger partial charge in [-0.15, -0.1) is 6.42 Å². The molecule has 1 unspecified atom stereocenters. The molecule has 0 fully saturated rings. The van der Waals surface area contributed by atoms with Gasteiger partial charge in [0, 0.05) is 13.7 Å². The van der Waals surface area contributed by atoms with E-state index in [1.165, 1.54) is 0 Å². The highest BCUT2D eigenvalue weighted by Gasteiger charge is 2.00. The summed E-state index contributed by atoms with van der Waals surface area (Å²) in [7, 11) is 1.71. The molecule has 0 aliphatic rings. The third kappa shape index (κ3) is 5.90. The number of rotatable bonds is 6. The van der Waals surface area contributed by atoms with E-state index in [2.05, 4.69) is 18.2 Å². The zero-order chi connectivity index (χ0) is 8.53. The van der Waals surface area contributed by atoms with E-state index in [0.717, 1.165) is 26.0 Å². The average molecular weight is 155 g/mol. The summed E-state index contributed by atoms with van der Waals surface area (Å²) in [4.78, 5) is 0. The van der Waals surface area contributed by atoms with Crippen LogP contribution in [0.5, 0.6) is 0 Å². The summed E-state index contributed by atoms with van der Waals surface area (Å²) >= 11 is 0. The molecule has 0 amide bonds. The molecule has 0 aliphatic carbocycles. The molecular weight excluding hydrogens is 138 g/mol. The number of hydrogen-bond donors (Lipinski definition) is 1. The lowest BCUT2D eigenvalue weighted by Crippen LogP contribution is -2.27. The number of hydrogen-bond acceptors (Lipinski definition) is 2. The molecule has 0 aromatic carbocycles. The van der Waals surface area contributed by atoms with Gasteiger partial charge in [-0.1, -0.05) is 12.8 Å². The smallest absolute Gasteiger partial charge is 0.0687 e. The molecule has 1 N–H and O–H groups in total. The van der Waals surface area contributed by atoms with Crippen LogP contribution in [0.4, 0.5) is 0 Å². The molecule has 0 saturated carbocycles. The Balaban J connectivity index is 3.30. The molecule has 0 radical (unpaired) electrons. The SMILES string of the molecule is C#CC(CCCOC)NCC. The summed E-state index contributed by atoms with van der Waals surface area (Å²) < 4.78 is 4.92. The van der Waals surface area contributed by atoms with E-state index in [4.69, 9.17) is 11.2 Å². The van der Waals surface area contributed by atoms with Crippen LogP contribution in [0.15, 0.2) is 0 Å². The average Bonchev–Trinajstić information content (AvgIpc) is 2.03. The summed E-state index contributed by atoms with van der Waals surface area (Å²) in [5, 5.41) is 3.20. The molecule has 2 nitrogen and oxygen atoms in total. The second kappa shape index (κ2) is 7.59. The molecule has 0 saturated heterocycles. The van der Waals surface area contributed by atoms with Crippen molar-refractivity contribution in [2.75, 3.05) is 20.3 Å². The van der Waals surface area contributed by atoms with Crippen LogP contribution in [0, 0.1) is 12.3 Å². The lowest BCUT2D eigenvalue weighted by molar-refractivity contribution is 0.191. The highest BCUT2D eigenvalue weighted by Crippen LogP contribution is 1.95.